The fourth-order valence-electron chi connectivity index (χ4n) is 4.25. The first-order valence-electron chi connectivity index (χ1n) is 12.0. The molecule has 36 heavy (non-hydrogen) atoms. The smallest absolute Gasteiger partial charge is 0.290 e. The van der Waals surface area contributed by atoms with Gasteiger partial charge in [0.05, 0.1) is 0 Å². The number of thioether (sulfide) groups is 2. The van der Waals surface area contributed by atoms with Crippen LogP contribution in [0.15, 0.2) is 70.5 Å². The molecule has 1 heterocycles. The van der Waals surface area contributed by atoms with Crippen molar-refractivity contribution in [2.75, 3.05) is 5.73 Å². The van der Waals surface area contributed by atoms with Gasteiger partial charge in [0.25, 0.3) is 0 Å². The van der Waals surface area contributed by atoms with E-state index >= 15 is 0 Å². The predicted octanol–water partition coefficient (Wildman–Crippen LogP) is 7.88. The average molecular weight is 527 g/mol. The Labute approximate surface area is 221 Å². The van der Waals surface area contributed by atoms with E-state index in [9.17, 15) is 8.78 Å². The van der Waals surface area contributed by atoms with E-state index in [0.29, 0.717) is 28.8 Å². The van der Waals surface area contributed by atoms with E-state index in [2.05, 4.69) is 0 Å². The second-order valence-corrected chi connectivity index (χ2v) is 13.1. The summed E-state index contributed by atoms with van der Waals surface area (Å²) in [4.78, 5) is 1.71. The van der Waals surface area contributed by atoms with Crippen molar-refractivity contribution in [1.82, 2.24) is 4.57 Å². The molecule has 3 aromatic carbocycles. The lowest BCUT2D eigenvalue weighted by atomic mass is 9.87. The molecule has 2 N–H and O–H groups in total. The molecule has 7 heteroatoms. The Morgan fingerprint density at radius 1 is 0.778 bits per heavy atom. The van der Waals surface area contributed by atoms with Gasteiger partial charge in [-0.1, -0.05) is 89.3 Å². The van der Waals surface area contributed by atoms with Gasteiger partial charge >= 0.3 is 5.95 Å². The van der Waals surface area contributed by atoms with Crippen LogP contribution >= 0.6 is 23.5 Å². The van der Waals surface area contributed by atoms with Gasteiger partial charge in [0.15, 0.2) is 0 Å². The summed E-state index contributed by atoms with van der Waals surface area (Å²) < 4.78 is 33.5. The molecule has 4 rings (SSSR count). The van der Waals surface area contributed by atoms with E-state index in [4.69, 9.17) is 5.73 Å². The van der Waals surface area contributed by atoms with E-state index in [0.717, 1.165) is 20.8 Å². The summed E-state index contributed by atoms with van der Waals surface area (Å²) in [5.74, 6) is 1.33. The number of fused-ring (bicyclic) bond motifs is 1. The molecule has 0 amide bonds. The zero-order valence-corrected chi connectivity index (χ0v) is 23.4. The van der Waals surface area contributed by atoms with Crippen LogP contribution in [0, 0.1) is 11.6 Å². The number of imidazole rings is 1. The molecular weight excluding hydrogens is 492 g/mol. The summed E-state index contributed by atoms with van der Waals surface area (Å²) in [5, 5.41) is 0. The maximum absolute atomic E-state index is 14.7. The first-order chi connectivity index (χ1) is 16.9. The Morgan fingerprint density at radius 2 is 1.31 bits per heavy atom. The largest absolute Gasteiger partial charge is 0.357 e. The number of aromatic nitrogens is 2. The molecule has 1 aromatic heterocycles. The molecule has 0 unspecified atom stereocenters. The predicted molar refractivity (Wildman–Crippen MR) is 148 cm³/mol. The summed E-state index contributed by atoms with van der Waals surface area (Å²) in [5.41, 5.74) is 9.56. The standard InChI is InChI=1S/C29H33F2N3S2/c1-28(2,3)21-13-11-19(15-23(21)30)35-17-33-25-9-7-8-10-26(25)34(27(33)32)18-36-20-12-14-22(24(31)16-20)29(4,5)6/h7-16,32H,17-18H2,1-6H3/p+1. The van der Waals surface area contributed by atoms with Crippen molar-refractivity contribution in [2.45, 2.75) is 73.9 Å². The molecule has 0 aliphatic heterocycles. The van der Waals surface area contributed by atoms with E-state index in [-0.39, 0.29) is 22.5 Å². The van der Waals surface area contributed by atoms with Gasteiger partial charge in [0.2, 0.25) is 0 Å². The van der Waals surface area contributed by atoms with Crippen molar-refractivity contribution in [3.05, 3.63) is 83.4 Å². The number of benzene rings is 3. The Balaban J connectivity index is 1.56. The number of nitrogen functional groups attached to an aromatic ring is 1. The summed E-state index contributed by atoms with van der Waals surface area (Å²) in [7, 11) is 0. The van der Waals surface area contributed by atoms with Gasteiger partial charge in [-0.15, -0.1) is 0 Å². The van der Waals surface area contributed by atoms with Gasteiger partial charge in [-0.05, 0) is 58.4 Å². The molecule has 0 aliphatic carbocycles. The minimum Gasteiger partial charge on any atom is -0.290 e. The van der Waals surface area contributed by atoms with E-state index in [1.807, 2.05) is 99.2 Å². The molecule has 0 spiro atoms. The van der Waals surface area contributed by atoms with Crippen LogP contribution in [0.3, 0.4) is 0 Å². The number of para-hydroxylation sites is 2. The van der Waals surface area contributed by atoms with Crippen LogP contribution in [0.5, 0.6) is 0 Å². The number of hydrogen-bond acceptors (Lipinski definition) is 3. The number of rotatable bonds is 6. The van der Waals surface area contributed by atoms with E-state index in [1.165, 1.54) is 0 Å². The van der Waals surface area contributed by atoms with Crippen LogP contribution in [0.25, 0.3) is 11.0 Å². The lowest BCUT2D eigenvalue weighted by Gasteiger charge is -2.20. The van der Waals surface area contributed by atoms with Crippen LogP contribution in [-0.4, -0.2) is 4.57 Å². The van der Waals surface area contributed by atoms with Gasteiger partial charge < -0.3 is 0 Å². The third kappa shape index (κ3) is 5.57. The van der Waals surface area contributed by atoms with Crippen LogP contribution in [0.4, 0.5) is 14.7 Å². The third-order valence-corrected chi connectivity index (χ3v) is 8.18. The number of nitrogens with zero attached hydrogens (tertiary/aromatic N) is 2. The quantitative estimate of drug-likeness (QED) is 0.205. The van der Waals surface area contributed by atoms with Gasteiger partial charge in [0, 0.05) is 9.79 Å². The van der Waals surface area contributed by atoms with Crippen LogP contribution in [-0.2, 0) is 22.6 Å². The van der Waals surface area contributed by atoms with Crippen molar-refractivity contribution in [1.29, 1.82) is 0 Å². The van der Waals surface area contributed by atoms with Crippen molar-refractivity contribution >= 4 is 40.5 Å². The van der Waals surface area contributed by atoms with E-state index in [1.54, 1.807) is 35.7 Å². The average Bonchev–Trinajstić information content (AvgIpc) is 3.05. The Morgan fingerprint density at radius 3 is 1.83 bits per heavy atom. The molecule has 0 atom stereocenters. The second kappa shape index (κ2) is 10.1. The van der Waals surface area contributed by atoms with Crippen LogP contribution in [0.2, 0.25) is 0 Å². The van der Waals surface area contributed by atoms with Gasteiger partial charge in [-0.25, -0.2) is 17.9 Å². The highest BCUT2D eigenvalue weighted by Gasteiger charge is 2.23. The lowest BCUT2D eigenvalue weighted by Crippen LogP contribution is -2.35. The van der Waals surface area contributed by atoms with E-state index < -0.39 is 0 Å². The number of anilines is 1. The first kappa shape index (κ1) is 26.6. The van der Waals surface area contributed by atoms with Crippen molar-refractivity contribution in [3.63, 3.8) is 0 Å². The third-order valence-electron chi connectivity index (χ3n) is 6.23. The highest BCUT2D eigenvalue weighted by atomic mass is 32.2. The highest BCUT2D eigenvalue weighted by molar-refractivity contribution is 7.98. The minimum absolute atomic E-state index is 0.186. The zero-order valence-electron chi connectivity index (χ0n) is 21.7. The summed E-state index contributed by atoms with van der Waals surface area (Å²) >= 11 is 3.09. The first-order valence-corrected chi connectivity index (χ1v) is 14.0. The topological polar surface area (TPSA) is 34.8 Å². The molecule has 0 radical (unpaired) electrons. The summed E-state index contributed by atoms with van der Waals surface area (Å²) in [6.45, 7) is 12.1. The Kier molecular flexibility index (Phi) is 7.45. The zero-order chi connectivity index (χ0) is 26.3. The molecule has 3 nitrogen and oxygen atoms in total. The molecule has 0 saturated carbocycles. The SMILES string of the molecule is CC(C)(C)c1ccc(SCn2c(N)[n+](CSc3ccc(C(C)(C)C)c(F)c3)c3ccccc32)cc1F. The maximum Gasteiger partial charge on any atom is 0.357 e. The number of halogens is 2. The molecule has 190 valence electrons. The second-order valence-electron chi connectivity index (χ2n) is 11.0. The molecular formula is C29H34F2N3S2+. The van der Waals surface area contributed by atoms with Crippen molar-refractivity contribution in [3.8, 4) is 0 Å². The van der Waals surface area contributed by atoms with Crippen LogP contribution < -0.4 is 10.3 Å². The molecule has 0 aliphatic rings. The fourth-order valence-corrected chi connectivity index (χ4v) is 6.05. The fraction of sp³-hybridized carbons (Fsp3) is 0.345. The molecule has 0 fully saturated rings. The monoisotopic (exact) mass is 526 g/mol. The van der Waals surface area contributed by atoms with Gasteiger partial charge in [-0.2, -0.15) is 0 Å². The Hall–Kier alpha value is -2.51. The normalized spacial score (nSPS) is 12.4. The van der Waals surface area contributed by atoms with Gasteiger partial charge in [-0.3, -0.25) is 5.73 Å². The van der Waals surface area contributed by atoms with Gasteiger partial charge in [0.1, 0.15) is 34.4 Å². The lowest BCUT2D eigenvalue weighted by molar-refractivity contribution is -0.635. The van der Waals surface area contributed by atoms with Crippen molar-refractivity contribution < 1.29 is 13.3 Å². The number of hydrogen-bond donors (Lipinski definition) is 1. The molecule has 4 aromatic rings. The number of nitrogens with two attached hydrogens (primary N) is 1. The summed E-state index contributed by atoms with van der Waals surface area (Å²) in [6.07, 6.45) is 0. The molecule has 0 bridgehead atoms. The maximum atomic E-state index is 14.7. The van der Waals surface area contributed by atoms with Crippen LogP contribution in [0.1, 0.15) is 52.7 Å². The Bertz CT molecular complexity index is 1290. The van der Waals surface area contributed by atoms with Crippen molar-refractivity contribution in [2.24, 2.45) is 0 Å². The summed E-state index contributed by atoms with van der Waals surface area (Å²) in [6, 6.07) is 18.9. The minimum atomic E-state index is -0.243. The molecule has 0 saturated heterocycles. The highest BCUT2D eigenvalue weighted by Crippen LogP contribution is 2.32.